The largest absolute Gasteiger partial charge is 0.454 e. The monoisotopic (exact) mass is 490 g/mol. The lowest BCUT2D eigenvalue weighted by atomic mass is 9.97. The topological polar surface area (TPSA) is 106 Å². The average Bonchev–Trinajstić information content (AvgIpc) is 3.49. The molecule has 0 saturated carbocycles. The van der Waals surface area contributed by atoms with Gasteiger partial charge in [0.25, 0.3) is 0 Å². The van der Waals surface area contributed by atoms with E-state index in [1.807, 2.05) is 56.4 Å². The van der Waals surface area contributed by atoms with Crippen LogP contribution in [0.5, 0.6) is 11.5 Å². The lowest BCUT2D eigenvalue weighted by molar-refractivity contribution is -0.121. The van der Waals surface area contributed by atoms with Crippen molar-refractivity contribution < 1.29 is 23.5 Å². The number of oxazole rings is 1. The number of anilines is 1. The molecular formula is C27H30N4O5. The van der Waals surface area contributed by atoms with Gasteiger partial charge < -0.3 is 29.4 Å². The van der Waals surface area contributed by atoms with Crippen LogP contribution in [0.3, 0.4) is 0 Å². The second-order valence-corrected chi connectivity index (χ2v) is 9.33. The van der Waals surface area contributed by atoms with Crippen molar-refractivity contribution >= 4 is 17.5 Å². The summed E-state index contributed by atoms with van der Waals surface area (Å²) in [7, 11) is 2.04. The summed E-state index contributed by atoms with van der Waals surface area (Å²) in [6, 6.07) is 13.0. The summed E-state index contributed by atoms with van der Waals surface area (Å²) in [4.78, 5) is 32.0. The van der Waals surface area contributed by atoms with Crippen LogP contribution in [0, 0.1) is 12.8 Å². The van der Waals surface area contributed by atoms with Gasteiger partial charge >= 0.3 is 0 Å². The van der Waals surface area contributed by atoms with E-state index >= 15 is 0 Å². The Bertz CT molecular complexity index is 1270. The number of carbonyl (C=O) groups is 2. The molecule has 3 aromatic rings. The molecule has 188 valence electrons. The summed E-state index contributed by atoms with van der Waals surface area (Å²) in [5.41, 5.74) is 2.96. The smallest absolute Gasteiger partial charge is 0.231 e. The van der Waals surface area contributed by atoms with E-state index in [0.29, 0.717) is 34.5 Å². The third-order valence-corrected chi connectivity index (χ3v) is 6.52. The van der Waals surface area contributed by atoms with Crippen molar-refractivity contribution in [1.82, 2.24) is 15.2 Å². The molecule has 9 heteroatoms. The molecule has 36 heavy (non-hydrogen) atoms. The summed E-state index contributed by atoms with van der Waals surface area (Å²) < 4.78 is 16.6. The van der Waals surface area contributed by atoms with Gasteiger partial charge in [-0.15, -0.1) is 0 Å². The van der Waals surface area contributed by atoms with E-state index in [4.69, 9.17) is 13.9 Å². The van der Waals surface area contributed by atoms with Gasteiger partial charge in [-0.2, -0.15) is 0 Å². The van der Waals surface area contributed by atoms with Crippen LogP contribution in [0.4, 0.5) is 5.69 Å². The summed E-state index contributed by atoms with van der Waals surface area (Å²) >= 11 is 0. The van der Waals surface area contributed by atoms with Crippen molar-refractivity contribution in [3.05, 3.63) is 59.5 Å². The van der Waals surface area contributed by atoms with E-state index in [1.54, 1.807) is 0 Å². The predicted octanol–water partition coefficient (Wildman–Crippen LogP) is 3.52. The lowest BCUT2D eigenvalue weighted by Gasteiger charge is -2.28. The molecule has 2 aliphatic rings. The number of rotatable bonds is 7. The van der Waals surface area contributed by atoms with Gasteiger partial charge in [0.1, 0.15) is 11.5 Å². The van der Waals surface area contributed by atoms with Crippen molar-refractivity contribution in [3.63, 3.8) is 0 Å². The number of likely N-dealkylation sites (tertiary alicyclic amines) is 1. The van der Waals surface area contributed by atoms with Gasteiger partial charge in [0.15, 0.2) is 11.5 Å². The van der Waals surface area contributed by atoms with Crippen LogP contribution in [0.25, 0.3) is 11.5 Å². The van der Waals surface area contributed by atoms with Crippen molar-refractivity contribution in [2.24, 2.45) is 5.92 Å². The van der Waals surface area contributed by atoms with E-state index in [-0.39, 0.29) is 37.5 Å². The molecule has 1 fully saturated rings. The van der Waals surface area contributed by atoms with Gasteiger partial charge in [0, 0.05) is 17.8 Å². The Morgan fingerprint density at radius 2 is 2.00 bits per heavy atom. The highest BCUT2D eigenvalue weighted by Gasteiger charge is 2.24. The molecule has 0 bridgehead atoms. The maximum atomic E-state index is 12.7. The number of fused-ring (bicyclic) bond motifs is 1. The molecule has 1 aromatic heterocycles. The summed E-state index contributed by atoms with van der Waals surface area (Å²) in [5.74, 6) is 2.32. The Labute approximate surface area is 209 Å². The van der Waals surface area contributed by atoms with E-state index in [1.165, 1.54) is 0 Å². The molecule has 0 radical (unpaired) electrons. The number of aryl methyl sites for hydroxylation is 1. The maximum Gasteiger partial charge on any atom is 0.231 e. The van der Waals surface area contributed by atoms with Crippen LogP contribution in [-0.4, -0.2) is 48.6 Å². The minimum absolute atomic E-state index is 0.00994. The number of ether oxygens (including phenoxy) is 2. The van der Waals surface area contributed by atoms with E-state index in [0.717, 1.165) is 37.1 Å². The quantitative estimate of drug-likeness (QED) is 0.522. The van der Waals surface area contributed by atoms with Gasteiger partial charge in [0.05, 0.1) is 18.9 Å². The Balaban J connectivity index is 1.19. The highest BCUT2D eigenvalue weighted by Crippen LogP contribution is 2.32. The number of aromatic nitrogens is 1. The van der Waals surface area contributed by atoms with Gasteiger partial charge in [0.2, 0.25) is 24.5 Å². The first-order valence-electron chi connectivity index (χ1n) is 12.2. The molecule has 0 aliphatic carbocycles. The van der Waals surface area contributed by atoms with Crippen molar-refractivity contribution in [2.75, 3.05) is 32.2 Å². The van der Waals surface area contributed by atoms with E-state index < -0.39 is 0 Å². The third-order valence-electron chi connectivity index (χ3n) is 6.52. The normalized spacial score (nSPS) is 17.1. The van der Waals surface area contributed by atoms with Crippen molar-refractivity contribution in [2.45, 2.75) is 32.7 Å². The molecule has 2 amide bonds. The highest BCUT2D eigenvalue weighted by molar-refractivity contribution is 5.93. The molecular weight excluding hydrogens is 460 g/mol. The molecule has 5 rings (SSSR count). The molecule has 1 saturated heterocycles. The van der Waals surface area contributed by atoms with Crippen LogP contribution in [0.1, 0.15) is 29.9 Å². The number of piperidine rings is 1. The minimum Gasteiger partial charge on any atom is -0.454 e. The van der Waals surface area contributed by atoms with Gasteiger partial charge in [-0.05, 0) is 69.3 Å². The molecule has 2 aliphatic heterocycles. The van der Waals surface area contributed by atoms with Gasteiger partial charge in [-0.1, -0.05) is 12.1 Å². The summed E-state index contributed by atoms with van der Waals surface area (Å²) in [6.07, 6.45) is 2.15. The number of amides is 2. The zero-order valence-corrected chi connectivity index (χ0v) is 20.5. The van der Waals surface area contributed by atoms with Crippen molar-refractivity contribution in [1.29, 1.82) is 0 Å². The number of nitrogens with zero attached hydrogens (tertiary/aromatic N) is 2. The number of nitrogens with one attached hydrogen (secondary N) is 2. The minimum atomic E-state index is -0.129. The second kappa shape index (κ2) is 10.4. The first kappa shape index (κ1) is 23.9. The maximum absolute atomic E-state index is 12.7. The third kappa shape index (κ3) is 5.52. The molecule has 2 N–H and O–H groups in total. The number of hydrogen-bond acceptors (Lipinski definition) is 7. The fourth-order valence-electron chi connectivity index (χ4n) is 4.55. The Kier molecular flexibility index (Phi) is 6.90. The first-order chi connectivity index (χ1) is 17.4. The molecule has 0 spiro atoms. The van der Waals surface area contributed by atoms with Crippen LogP contribution in [-0.2, 0) is 22.6 Å². The Morgan fingerprint density at radius 3 is 2.86 bits per heavy atom. The van der Waals surface area contributed by atoms with Crippen LogP contribution < -0.4 is 20.1 Å². The zero-order valence-electron chi connectivity index (χ0n) is 20.5. The van der Waals surface area contributed by atoms with E-state index in [9.17, 15) is 9.59 Å². The van der Waals surface area contributed by atoms with E-state index in [2.05, 4.69) is 20.5 Å². The SMILES string of the molecule is Cc1oc(-c2cccc(NC(=O)[C@H]3CCCN(C)C3)c2)nc1CNC(=O)Cc1ccc2c(c1)OCO2. The Morgan fingerprint density at radius 1 is 1.14 bits per heavy atom. The van der Waals surface area contributed by atoms with Crippen LogP contribution in [0.2, 0.25) is 0 Å². The van der Waals surface area contributed by atoms with Crippen LogP contribution in [0.15, 0.2) is 46.9 Å². The standard InChI is InChI=1S/C27H30N4O5/c1-17-22(14-28-25(32)12-18-8-9-23-24(11-18)35-16-34-23)30-27(36-17)19-5-3-7-21(13-19)29-26(33)20-6-4-10-31(2)15-20/h3,5,7-9,11,13,20H,4,6,10,12,14-16H2,1-2H3,(H,28,32)(H,29,33)/t20-/m0/s1. The molecule has 9 nitrogen and oxygen atoms in total. The number of carbonyl (C=O) groups excluding carboxylic acids is 2. The average molecular weight is 491 g/mol. The molecule has 1 atom stereocenters. The van der Waals surface area contributed by atoms with Crippen LogP contribution >= 0.6 is 0 Å². The molecule has 2 aromatic carbocycles. The van der Waals surface area contributed by atoms with Gasteiger partial charge in [-0.3, -0.25) is 9.59 Å². The summed E-state index contributed by atoms with van der Waals surface area (Å²) in [6.45, 7) is 4.08. The zero-order chi connectivity index (χ0) is 25.1. The first-order valence-corrected chi connectivity index (χ1v) is 12.2. The molecule has 0 unspecified atom stereocenters. The fourth-order valence-corrected chi connectivity index (χ4v) is 4.55. The lowest BCUT2D eigenvalue weighted by Crippen LogP contribution is -2.38. The highest BCUT2D eigenvalue weighted by atomic mass is 16.7. The fraction of sp³-hybridized carbons (Fsp3) is 0.370. The van der Waals surface area contributed by atoms with Gasteiger partial charge in [-0.25, -0.2) is 4.98 Å². The Hall–Kier alpha value is -3.85. The van der Waals surface area contributed by atoms with Crippen molar-refractivity contribution in [3.8, 4) is 23.0 Å². The predicted molar refractivity (Wildman–Crippen MR) is 134 cm³/mol. The second-order valence-electron chi connectivity index (χ2n) is 9.33. The number of hydrogen-bond donors (Lipinski definition) is 2. The number of benzene rings is 2. The molecule has 3 heterocycles. The summed E-state index contributed by atoms with van der Waals surface area (Å²) in [5, 5.41) is 5.94.